The van der Waals surface area contributed by atoms with E-state index in [0.29, 0.717) is 5.69 Å². The van der Waals surface area contributed by atoms with Crippen LogP contribution in [0.15, 0.2) is 34.6 Å². The lowest BCUT2D eigenvalue weighted by Crippen LogP contribution is -1.85. The highest BCUT2D eigenvalue weighted by molar-refractivity contribution is 7.96. The highest BCUT2D eigenvalue weighted by atomic mass is 32.2. The van der Waals surface area contributed by atoms with Crippen molar-refractivity contribution in [2.45, 2.75) is 0 Å². The van der Waals surface area contributed by atoms with E-state index in [0.717, 1.165) is 0 Å². The molecule has 12 heavy (non-hydrogen) atoms. The van der Waals surface area contributed by atoms with Gasteiger partial charge in [-0.05, 0) is 36.2 Å². The molecule has 1 aromatic rings. The number of halogens is 1. The summed E-state index contributed by atoms with van der Waals surface area (Å²) in [6.45, 7) is 0. The van der Waals surface area contributed by atoms with Gasteiger partial charge in [0.1, 0.15) is 5.82 Å². The van der Waals surface area contributed by atoms with Gasteiger partial charge in [0.25, 0.3) is 0 Å². The fourth-order valence-electron chi connectivity index (χ4n) is 0.627. The summed E-state index contributed by atoms with van der Waals surface area (Å²) in [5.41, 5.74) is 0.623. The molecule has 0 bridgehead atoms. The van der Waals surface area contributed by atoms with Crippen LogP contribution < -0.4 is 4.83 Å². The van der Waals surface area contributed by atoms with E-state index in [4.69, 9.17) is 0 Å². The van der Waals surface area contributed by atoms with Crippen LogP contribution in [-0.4, -0.2) is 6.26 Å². The first kappa shape index (κ1) is 8.99. The lowest BCUT2D eigenvalue weighted by molar-refractivity contribution is 0.628. The van der Waals surface area contributed by atoms with Gasteiger partial charge in [0.15, 0.2) is 0 Å². The van der Waals surface area contributed by atoms with Crippen LogP contribution in [0, 0.1) is 5.82 Å². The van der Waals surface area contributed by atoms with Crippen molar-refractivity contribution in [1.29, 1.82) is 0 Å². The van der Waals surface area contributed by atoms with Gasteiger partial charge < -0.3 is 0 Å². The number of nitrogens with zero attached hydrogens (tertiary/aromatic N) is 2. The summed E-state index contributed by atoms with van der Waals surface area (Å²) in [7, 11) is 0. The van der Waals surface area contributed by atoms with Crippen LogP contribution in [0.2, 0.25) is 0 Å². The second-order valence-electron chi connectivity index (χ2n) is 1.97. The minimum absolute atomic E-state index is 0.272. The molecule has 0 heterocycles. The summed E-state index contributed by atoms with van der Waals surface area (Å²) in [6, 6.07) is 5.79. The summed E-state index contributed by atoms with van der Waals surface area (Å²) in [6.07, 6.45) is 1.84. The van der Waals surface area contributed by atoms with Crippen molar-refractivity contribution >= 4 is 17.6 Å². The van der Waals surface area contributed by atoms with Gasteiger partial charge in [0.05, 0.1) is 5.69 Å². The molecule has 0 saturated carbocycles. The molecule has 0 amide bonds. The van der Waals surface area contributed by atoms with Crippen LogP contribution >= 0.6 is 11.9 Å². The Labute approximate surface area is 74.2 Å². The van der Waals surface area contributed by atoms with Crippen LogP contribution in [0.25, 0.3) is 0 Å². The third-order valence-corrected chi connectivity index (χ3v) is 1.39. The van der Waals surface area contributed by atoms with Crippen molar-refractivity contribution in [2.24, 2.45) is 10.3 Å². The first-order valence-corrected chi connectivity index (χ1v) is 4.49. The zero-order valence-electron chi connectivity index (χ0n) is 6.49. The average Bonchev–Trinajstić information content (AvgIpc) is 2.09. The van der Waals surface area contributed by atoms with E-state index in [1.807, 2.05) is 6.26 Å². The van der Waals surface area contributed by atoms with Gasteiger partial charge in [-0.15, -0.1) is 5.11 Å². The van der Waals surface area contributed by atoms with Crippen molar-refractivity contribution < 1.29 is 4.39 Å². The van der Waals surface area contributed by atoms with E-state index in [2.05, 4.69) is 15.2 Å². The fraction of sp³-hybridized carbons (Fsp3) is 0.143. The monoisotopic (exact) mass is 185 g/mol. The first-order chi connectivity index (χ1) is 5.83. The van der Waals surface area contributed by atoms with Crippen molar-refractivity contribution in [3.05, 3.63) is 30.1 Å². The molecule has 0 spiro atoms. The molecule has 1 aromatic carbocycles. The normalized spacial score (nSPS) is 10.5. The predicted octanol–water partition coefficient (Wildman–Crippen LogP) is 2.69. The van der Waals surface area contributed by atoms with Crippen LogP contribution in [0.4, 0.5) is 10.1 Å². The Morgan fingerprint density at radius 2 is 2.00 bits per heavy atom. The summed E-state index contributed by atoms with van der Waals surface area (Å²) in [5.74, 6) is -0.272. The minimum Gasteiger partial charge on any atom is -0.233 e. The maximum atomic E-state index is 12.4. The molecular weight excluding hydrogens is 177 g/mol. The third kappa shape index (κ3) is 2.87. The van der Waals surface area contributed by atoms with E-state index in [-0.39, 0.29) is 5.82 Å². The SMILES string of the molecule is CSNN=Nc1ccc(F)cc1. The molecule has 0 aliphatic heterocycles. The van der Waals surface area contributed by atoms with Crippen LogP contribution in [0.1, 0.15) is 0 Å². The van der Waals surface area contributed by atoms with Gasteiger partial charge in [-0.2, -0.15) is 0 Å². The van der Waals surface area contributed by atoms with Crippen molar-refractivity contribution in [2.75, 3.05) is 6.26 Å². The fourth-order valence-corrected chi connectivity index (χ4v) is 0.749. The molecule has 3 nitrogen and oxygen atoms in total. The Balaban J connectivity index is 2.58. The van der Waals surface area contributed by atoms with Crippen LogP contribution in [-0.2, 0) is 0 Å². The summed E-state index contributed by atoms with van der Waals surface area (Å²) in [4.78, 5) is 2.59. The summed E-state index contributed by atoms with van der Waals surface area (Å²) in [5, 5.41) is 7.37. The molecular formula is C7H8FN3S. The zero-order valence-corrected chi connectivity index (χ0v) is 7.31. The third-order valence-electron chi connectivity index (χ3n) is 1.12. The second-order valence-corrected chi connectivity index (χ2v) is 2.56. The maximum absolute atomic E-state index is 12.4. The van der Waals surface area contributed by atoms with E-state index >= 15 is 0 Å². The lowest BCUT2D eigenvalue weighted by atomic mass is 10.3. The van der Waals surface area contributed by atoms with E-state index < -0.39 is 0 Å². The summed E-state index contributed by atoms with van der Waals surface area (Å²) < 4.78 is 12.4. The van der Waals surface area contributed by atoms with Crippen LogP contribution in [0.3, 0.4) is 0 Å². The topological polar surface area (TPSA) is 36.8 Å². The highest BCUT2D eigenvalue weighted by Crippen LogP contribution is 2.11. The molecule has 1 rings (SSSR count). The van der Waals surface area contributed by atoms with E-state index in [1.165, 1.54) is 24.1 Å². The maximum Gasteiger partial charge on any atom is 0.123 e. The molecule has 5 heteroatoms. The van der Waals surface area contributed by atoms with Crippen molar-refractivity contribution in [3.63, 3.8) is 0 Å². The van der Waals surface area contributed by atoms with Gasteiger partial charge in [0, 0.05) is 6.26 Å². The van der Waals surface area contributed by atoms with E-state index in [1.54, 1.807) is 12.1 Å². The van der Waals surface area contributed by atoms with Crippen LogP contribution in [0.5, 0.6) is 0 Å². The molecule has 0 radical (unpaired) electrons. The molecule has 64 valence electrons. The molecule has 0 atom stereocenters. The number of nitrogens with one attached hydrogen (secondary N) is 1. The molecule has 0 aromatic heterocycles. The zero-order chi connectivity index (χ0) is 8.81. The van der Waals surface area contributed by atoms with E-state index in [9.17, 15) is 4.39 Å². The Morgan fingerprint density at radius 3 is 2.58 bits per heavy atom. The first-order valence-electron chi connectivity index (χ1n) is 3.27. The molecule has 0 aliphatic rings. The Bertz CT molecular complexity index is 260. The van der Waals surface area contributed by atoms with Gasteiger partial charge in [0.2, 0.25) is 0 Å². The van der Waals surface area contributed by atoms with Crippen molar-refractivity contribution in [1.82, 2.24) is 4.83 Å². The Kier molecular flexibility index (Phi) is 3.53. The Morgan fingerprint density at radius 1 is 1.33 bits per heavy atom. The number of hydrogen-bond donors (Lipinski definition) is 1. The molecule has 0 fully saturated rings. The average molecular weight is 185 g/mol. The van der Waals surface area contributed by atoms with Gasteiger partial charge in [-0.1, -0.05) is 5.22 Å². The number of hydrogen-bond acceptors (Lipinski definition) is 3. The number of benzene rings is 1. The van der Waals surface area contributed by atoms with Gasteiger partial charge >= 0.3 is 0 Å². The Hall–Kier alpha value is -1.10. The minimum atomic E-state index is -0.272. The molecule has 0 unspecified atom stereocenters. The quantitative estimate of drug-likeness (QED) is 0.446. The molecule has 0 aliphatic carbocycles. The molecule has 1 N–H and O–H groups in total. The highest BCUT2D eigenvalue weighted by Gasteiger charge is 1.89. The van der Waals surface area contributed by atoms with Crippen molar-refractivity contribution in [3.8, 4) is 0 Å². The lowest BCUT2D eigenvalue weighted by Gasteiger charge is -1.91. The largest absolute Gasteiger partial charge is 0.233 e. The second kappa shape index (κ2) is 4.71. The summed E-state index contributed by atoms with van der Waals surface area (Å²) >= 11 is 1.34. The van der Waals surface area contributed by atoms with Gasteiger partial charge in [-0.25, -0.2) is 9.22 Å². The standard InChI is InChI=1S/C7H8FN3S/c1-12-11-10-9-7-4-2-6(8)3-5-7/h2-5H,1H3,(H,9,11). The predicted molar refractivity (Wildman–Crippen MR) is 47.6 cm³/mol. The smallest absolute Gasteiger partial charge is 0.123 e. The number of rotatable bonds is 3. The molecule has 0 saturated heterocycles. The van der Waals surface area contributed by atoms with Gasteiger partial charge in [-0.3, -0.25) is 0 Å².